The van der Waals surface area contributed by atoms with Crippen molar-refractivity contribution < 1.29 is 0 Å². The standard InChI is InChI=1S/C11H20N4/c1-3-15-9(8-12)13-14-10(15)11(2)6-4-5-7-11/h3-8,12H2,1-2H3. The van der Waals surface area contributed by atoms with Gasteiger partial charge in [-0.1, -0.05) is 19.8 Å². The van der Waals surface area contributed by atoms with Gasteiger partial charge in [-0.05, 0) is 19.8 Å². The summed E-state index contributed by atoms with van der Waals surface area (Å²) in [7, 11) is 0. The predicted octanol–water partition coefficient (Wildman–Crippen LogP) is 1.59. The van der Waals surface area contributed by atoms with E-state index in [-0.39, 0.29) is 5.41 Å². The first-order chi connectivity index (χ1) is 7.21. The Kier molecular flexibility index (Phi) is 2.78. The number of aromatic nitrogens is 3. The maximum Gasteiger partial charge on any atom is 0.146 e. The fourth-order valence-electron chi connectivity index (χ4n) is 2.64. The van der Waals surface area contributed by atoms with Crippen LogP contribution < -0.4 is 5.73 Å². The Bertz CT molecular complexity index is 336. The Balaban J connectivity index is 2.38. The Hall–Kier alpha value is -0.900. The normalized spacial score (nSPS) is 19.7. The van der Waals surface area contributed by atoms with E-state index in [1.807, 2.05) is 0 Å². The minimum atomic E-state index is 0.233. The van der Waals surface area contributed by atoms with E-state index in [1.54, 1.807) is 0 Å². The largest absolute Gasteiger partial charge is 0.324 e. The van der Waals surface area contributed by atoms with Crippen LogP contribution in [0.2, 0.25) is 0 Å². The molecular formula is C11H20N4. The molecule has 15 heavy (non-hydrogen) atoms. The molecule has 4 heteroatoms. The highest BCUT2D eigenvalue weighted by Gasteiger charge is 2.35. The van der Waals surface area contributed by atoms with E-state index in [0.717, 1.165) is 18.2 Å². The second-order valence-electron chi connectivity index (χ2n) is 4.66. The molecule has 4 nitrogen and oxygen atoms in total. The first-order valence-electron chi connectivity index (χ1n) is 5.84. The summed E-state index contributed by atoms with van der Waals surface area (Å²) in [6.45, 7) is 5.84. The van der Waals surface area contributed by atoms with E-state index in [0.29, 0.717) is 6.54 Å². The highest BCUT2D eigenvalue weighted by atomic mass is 15.3. The van der Waals surface area contributed by atoms with Crippen LogP contribution in [0, 0.1) is 0 Å². The van der Waals surface area contributed by atoms with Crippen molar-refractivity contribution in [1.82, 2.24) is 14.8 Å². The zero-order valence-corrected chi connectivity index (χ0v) is 9.66. The lowest BCUT2D eigenvalue weighted by atomic mass is 9.88. The van der Waals surface area contributed by atoms with Crippen molar-refractivity contribution in [2.45, 2.75) is 58.0 Å². The van der Waals surface area contributed by atoms with Gasteiger partial charge in [-0.25, -0.2) is 0 Å². The van der Waals surface area contributed by atoms with Crippen molar-refractivity contribution in [2.24, 2.45) is 5.73 Å². The van der Waals surface area contributed by atoms with Gasteiger partial charge >= 0.3 is 0 Å². The maximum absolute atomic E-state index is 5.66. The summed E-state index contributed by atoms with van der Waals surface area (Å²) in [4.78, 5) is 0. The molecule has 0 bridgehead atoms. The number of hydrogen-bond acceptors (Lipinski definition) is 3. The van der Waals surface area contributed by atoms with Crippen molar-refractivity contribution in [2.75, 3.05) is 0 Å². The molecule has 1 aliphatic carbocycles. The topological polar surface area (TPSA) is 56.7 Å². The van der Waals surface area contributed by atoms with Gasteiger partial charge in [-0.2, -0.15) is 0 Å². The highest BCUT2D eigenvalue weighted by molar-refractivity contribution is 5.11. The molecule has 1 fully saturated rings. The van der Waals surface area contributed by atoms with Crippen molar-refractivity contribution in [3.05, 3.63) is 11.6 Å². The molecule has 1 aromatic heterocycles. The average Bonchev–Trinajstić information content (AvgIpc) is 2.83. The smallest absolute Gasteiger partial charge is 0.146 e. The van der Waals surface area contributed by atoms with Crippen LogP contribution in [0.3, 0.4) is 0 Å². The van der Waals surface area contributed by atoms with E-state index in [1.165, 1.54) is 25.7 Å². The second kappa shape index (κ2) is 3.93. The van der Waals surface area contributed by atoms with Gasteiger partial charge in [-0.3, -0.25) is 0 Å². The van der Waals surface area contributed by atoms with E-state index in [2.05, 4.69) is 28.6 Å². The molecule has 1 aliphatic rings. The Morgan fingerprint density at radius 1 is 1.33 bits per heavy atom. The molecule has 1 aromatic rings. The molecule has 2 rings (SSSR count). The third-order valence-electron chi connectivity index (χ3n) is 3.57. The van der Waals surface area contributed by atoms with E-state index in [4.69, 9.17) is 5.73 Å². The minimum absolute atomic E-state index is 0.233. The summed E-state index contributed by atoms with van der Waals surface area (Å²) < 4.78 is 2.19. The third kappa shape index (κ3) is 1.67. The van der Waals surface area contributed by atoms with Crippen LogP contribution in [0.4, 0.5) is 0 Å². The summed E-state index contributed by atoms with van der Waals surface area (Å²) in [6.07, 6.45) is 5.08. The average molecular weight is 208 g/mol. The second-order valence-corrected chi connectivity index (χ2v) is 4.66. The molecule has 0 atom stereocenters. The summed E-state index contributed by atoms with van der Waals surface area (Å²) in [5, 5.41) is 8.53. The van der Waals surface area contributed by atoms with Crippen LogP contribution >= 0.6 is 0 Å². The molecule has 0 amide bonds. The van der Waals surface area contributed by atoms with E-state index in [9.17, 15) is 0 Å². The summed E-state index contributed by atoms with van der Waals surface area (Å²) >= 11 is 0. The maximum atomic E-state index is 5.66. The first kappa shape index (κ1) is 10.6. The van der Waals surface area contributed by atoms with Gasteiger partial charge in [0.2, 0.25) is 0 Å². The van der Waals surface area contributed by atoms with Crippen LogP contribution in [0.1, 0.15) is 51.2 Å². The number of rotatable bonds is 3. The third-order valence-corrected chi connectivity index (χ3v) is 3.57. The lowest BCUT2D eigenvalue weighted by Crippen LogP contribution is -2.24. The summed E-state index contributed by atoms with van der Waals surface area (Å²) in [5.41, 5.74) is 5.89. The number of nitrogens with two attached hydrogens (primary N) is 1. The molecule has 0 aromatic carbocycles. The van der Waals surface area contributed by atoms with Crippen molar-refractivity contribution in [1.29, 1.82) is 0 Å². The van der Waals surface area contributed by atoms with Gasteiger partial charge in [-0.15, -0.1) is 10.2 Å². The molecule has 0 aliphatic heterocycles. The molecule has 0 spiro atoms. The van der Waals surface area contributed by atoms with Crippen LogP contribution in [0.5, 0.6) is 0 Å². The first-order valence-corrected chi connectivity index (χ1v) is 5.84. The molecule has 0 unspecified atom stereocenters. The van der Waals surface area contributed by atoms with Crippen LogP contribution in [-0.2, 0) is 18.5 Å². The zero-order valence-electron chi connectivity index (χ0n) is 9.66. The number of nitrogens with zero attached hydrogens (tertiary/aromatic N) is 3. The quantitative estimate of drug-likeness (QED) is 0.820. The Morgan fingerprint density at radius 2 is 2.00 bits per heavy atom. The molecule has 1 heterocycles. The zero-order chi connectivity index (χ0) is 10.9. The van der Waals surface area contributed by atoms with E-state index >= 15 is 0 Å². The van der Waals surface area contributed by atoms with Gasteiger partial charge in [0, 0.05) is 12.0 Å². The summed E-state index contributed by atoms with van der Waals surface area (Å²) in [6, 6.07) is 0. The SMILES string of the molecule is CCn1c(CN)nnc1C1(C)CCCC1. The molecule has 0 saturated heterocycles. The van der Waals surface area contributed by atoms with Gasteiger partial charge in [0.05, 0.1) is 6.54 Å². The lowest BCUT2D eigenvalue weighted by molar-refractivity contribution is 0.430. The lowest BCUT2D eigenvalue weighted by Gasteiger charge is -2.23. The van der Waals surface area contributed by atoms with Crippen LogP contribution in [0.25, 0.3) is 0 Å². The van der Waals surface area contributed by atoms with Crippen LogP contribution in [0.15, 0.2) is 0 Å². The van der Waals surface area contributed by atoms with Gasteiger partial charge < -0.3 is 10.3 Å². The molecule has 0 radical (unpaired) electrons. The monoisotopic (exact) mass is 208 g/mol. The van der Waals surface area contributed by atoms with Crippen molar-refractivity contribution in [3.8, 4) is 0 Å². The summed E-state index contributed by atoms with van der Waals surface area (Å²) in [5.74, 6) is 2.06. The molecule has 1 saturated carbocycles. The fourth-order valence-corrected chi connectivity index (χ4v) is 2.64. The van der Waals surface area contributed by atoms with Gasteiger partial charge in [0.15, 0.2) is 0 Å². The molecular weight excluding hydrogens is 188 g/mol. The van der Waals surface area contributed by atoms with Gasteiger partial charge in [0.25, 0.3) is 0 Å². The van der Waals surface area contributed by atoms with Crippen molar-refractivity contribution >= 4 is 0 Å². The Morgan fingerprint density at radius 3 is 2.53 bits per heavy atom. The predicted molar refractivity (Wildman–Crippen MR) is 59.4 cm³/mol. The molecule has 84 valence electrons. The minimum Gasteiger partial charge on any atom is -0.324 e. The number of hydrogen-bond donors (Lipinski definition) is 1. The van der Waals surface area contributed by atoms with Crippen LogP contribution in [-0.4, -0.2) is 14.8 Å². The fraction of sp³-hybridized carbons (Fsp3) is 0.818. The van der Waals surface area contributed by atoms with Crippen molar-refractivity contribution in [3.63, 3.8) is 0 Å². The van der Waals surface area contributed by atoms with Gasteiger partial charge in [0.1, 0.15) is 11.6 Å². The molecule has 2 N–H and O–H groups in total. The highest BCUT2D eigenvalue weighted by Crippen LogP contribution is 2.39. The van der Waals surface area contributed by atoms with E-state index < -0.39 is 0 Å². The Labute approximate surface area is 90.9 Å².